The van der Waals surface area contributed by atoms with Crippen LogP contribution >= 0.6 is 0 Å². The molecule has 0 aliphatic rings. The number of fused-ring (bicyclic) bond motifs is 1. The van der Waals surface area contributed by atoms with Gasteiger partial charge in [0, 0.05) is 12.3 Å². The lowest BCUT2D eigenvalue weighted by atomic mass is 10.1. The summed E-state index contributed by atoms with van der Waals surface area (Å²) in [6.45, 7) is 1.41. The molecule has 0 aliphatic heterocycles. The van der Waals surface area contributed by atoms with E-state index in [1.165, 1.54) is 6.92 Å². The molecule has 0 spiro atoms. The molecule has 3 heteroatoms. The summed E-state index contributed by atoms with van der Waals surface area (Å²) < 4.78 is 0. The summed E-state index contributed by atoms with van der Waals surface area (Å²) in [6.07, 6.45) is 0. The number of nitrogens with one attached hydrogen (secondary N) is 1. The fourth-order valence-corrected chi connectivity index (χ4v) is 1.55. The first-order valence-corrected chi connectivity index (χ1v) is 4.67. The van der Waals surface area contributed by atoms with Crippen LogP contribution in [0.2, 0.25) is 0 Å². The van der Waals surface area contributed by atoms with Gasteiger partial charge in [-0.3, -0.25) is 4.79 Å². The minimum Gasteiger partial charge on any atom is -0.505 e. The standard InChI is InChI=1S/C12H11NO2/c1-8(14)13-11-7-6-9-4-2-3-5-10(9)12(11)15/h2-7,15H,1H3,(H,13,14). The van der Waals surface area contributed by atoms with E-state index in [9.17, 15) is 9.90 Å². The van der Waals surface area contributed by atoms with Gasteiger partial charge in [-0.25, -0.2) is 0 Å². The maximum absolute atomic E-state index is 10.9. The number of hydrogen-bond donors (Lipinski definition) is 2. The quantitative estimate of drug-likeness (QED) is 0.696. The summed E-state index contributed by atoms with van der Waals surface area (Å²) in [5, 5.41) is 14.1. The van der Waals surface area contributed by atoms with Crippen molar-refractivity contribution in [2.75, 3.05) is 5.32 Å². The van der Waals surface area contributed by atoms with Gasteiger partial charge in [0.2, 0.25) is 5.91 Å². The van der Waals surface area contributed by atoms with E-state index in [0.717, 1.165) is 10.8 Å². The molecule has 2 rings (SSSR count). The highest BCUT2D eigenvalue weighted by atomic mass is 16.3. The van der Waals surface area contributed by atoms with Crippen molar-refractivity contribution in [2.24, 2.45) is 0 Å². The van der Waals surface area contributed by atoms with Crippen LogP contribution in [0.5, 0.6) is 5.75 Å². The molecular weight excluding hydrogens is 190 g/mol. The monoisotopic (exact) mass is 201 g/mol. The number of carbonyl (C=O) groups is 1. The molecule has 2 N–H and O–H groups in total. The van der Waals surface area contributed by atoms with Crippen LogP contribution in [-0.4, -0.2) is 11.0 Å². The summed E-state index contributed by atoms with van der Waals surface area (Å²) in [5.41, 5.74) is 0.446. The van der Waals surface area contributed by atoms with Crippen molar-refractivity contribution in [3.8, 4) is 5.75 Å². The average Bonchev–Trinajstić information content (AvgIpc) is 2.22. The zero-order valence-corrected chi connectivity index (χ0v) is 8.32. The lowest BCUT2D eigenvalue weighted by Gasteiger charge is -2.07. The second kappa shape index (κ2) is 3.61. The van der Waals surface area contributed by atoms with Crippen molar-refractivity contribution < 1.29 is 9.90 Å². The topological polar surface area (TPSA) is 49.3 Å². The summed E-state index contributed by atoms with van der Waals surface area (Å²) >= 11 is 0. The number of rotatable bonds is 1. The molecule has 0 saturated heterocycles. The van der Waals surface area contributed by atoms with E-state index in [2.05, 4.69) is 5.32 Å². The Labute approximate surface area is 87.3 Å². The minimum absolute atomic E-state index is 0.114. The van der Waals surface area contributed by atoms with Crippen LogP contribution in [0.4, 0.5) is 5.69 Å². The van der Waals surface area contributed by atoms with Crippen molar-refractivity contribution in [1.82, 2.24) is 0 Å². The predicted octanol–water partition coefficient (Wildman–Crippen LogP) is 2.50. The molecule has 0 aromatic heterocycles. The molecule has 0 heterocycles. The van der Waals surface area contributed by atoms with E-state index in [1.54, 1.807) is 6.07 Å². The van der Waals surface area contributed by atoms with Crippen molar-refractivity contribution in [3.05, 3.63) is 36.4 Å². The van der Waals surface area contributed by atoms with Gasteiger partial charge in [-0.15, -0.1) is 0 Å². The first kappa shape index (κ1) is 9.52. The Morgan fingerprint density at radius 3 is 2.67 bits per heavy atom. The Morgan fingerprint density at radius 1 is 1.20 bits per heavy atom. The highest BCUT2D eigenvalue weighted by Crippen LogP contribution is 2.32. The van der Waals surface area contributed by atoms with Crippen LogP contribution in [0.25, 0.3) is 10.8 Å². The predicted molar refractivity (Wildman–Crippen MR) is 59.9 cm³/mol. The van der Waals surface area contributed by atoms with Gasteiger partial charge >= 0.3 is 0 Å². The molecule has 76 valence electrons. The SMILES string of the molecule is CC(=O)Nc1ccc2ccccc2c1O. The summed E-state index contributed by atoms with van der Waals surface area (Å²) in [4.78, 5) is 10.9. The first-order valence-electron chi connectivity index (χ1n) is 4.67. The van der Waals surface area contributed by atoms with Crippen LogP contribution in [0.3, 0.4) is 0 Å². The second-order valence-corrected chi connectivity index (χ2v) is 3.36. The van der Waals surface area contributed by atoms with Gasteiger partial charge in [-0.1, -0.05) is 30.3 Å². The van der Waals surface area contributed by atoms with Crippen LogP contribution in [0.1, 0.15) is 6.92 Å². The molecule has 0 atom stereocenters. The zero-order chi connectivity index (χ0) is 10.8. The minimum atomic E-state index is -0.194. The zero-order valence-electron chi connectivity index (χ0n) is 8.32. The number of anilines is 1. The molecule has 2 aromatic carbocycles. The van der Waals surface area contributed by atoms with E-state index in [0.29, 0.717) is 5.69 Å². The fourth-order valence-electron chi connectivity index (χ4n) is 1.55. The summed E-state index contributed by atoms with van der Waals surface area (Å²) in [5.74, 6) is -0.0797. The highest BCUT2D eigenvalue weighted by molar-refractivity contribution is 5.98. The highest BCUT2D eigenvalue weighted by Gasteiger charge is 2.06. The average molecular weight is 201 g/mol. The van der Waals surface area contributed by atoms with E-state index in [1.807, 2.05) is 30.3 Å². The molecule has 0 fully saturated rings. The number of hydrogen-bond acceptors (Lipinski definition) is 2. The molecule has 0 radical (unpaired) electrons. The van der Waals surface area contributed by atoms with E-state index in [4.69, 9.17) is 0 Å². The van der Waals surface area contributed by atoms with Gasteiger partial charge in [0.15, 0.2) is 0 Å². The van der Waals surface area contributed by atoms with Gasteiger partial charge in [0.1, 0.15) is 5.75 Å². The lowest BCUT2D eigenvalue weighted by molar-refractivity contribution is -0.114. The molecule has 1 amide bonds. The number of benzene rings is 2. The molecule has 0 aliphatic carbocycles. The Hall–Kier alpha value is -2.03. The maximum atomic E-state index is 10.9. The van der Waals surface area contributed by atoms with Gasteiger partial charge in [-0.2, -0.15) is 0 Å². The van der Waals surface area contributed by atoms with Crippen LogP contribution in [0, 0.1) is 0 Å². The van der Waals surface area contributed by atoms with E-state index in [-0.39, 0.29) is 11.7 Å². The number of phenols is 1. The molecule has 0 saturated carbocycles. The first-order chi connectivity index (χ1) is 7.18. The molecule has 0 unspecified atom stereocenters. The summed E-state index contributed by atoms with van der Waals surface area (Å²) in [7, 11) is 0. The van der Waals surface area contributed by atoms with Crippen molar-refractivity contribution in [3.63, 3.8) is 0 Å². The Balaban J connectivity index is 2.59. The molecule has 3 nitrogen and oxygen atoms in total. The number of phenolic OH excluding ortho intramolecular Hbond substituents is 1. The summed E-state index contributed by atoms with van der Waals surface area (Å²) in [6, 6.07) is 11.0. The normalized spacial score (nSPS) is 10.2. The fraction of sp³-hybridized carbons (Fsp3) is 0.0833. The Morgan fingerprint density at radius 2 is 1.93 bits per heavy atom. The van der Waals surface area contributed by atoms with Gasteiger partial charge in [0.25, 0.3) is 0 Å². The molecular formula is C12H11NO2. The molecule has 15 heavy (non-hydrogen) atoms. The van der Waals surface area contributed by atoms with Crippen molar-refractivity contribution in [1.29, 1.82) is 0 Å². The number of amides is 1. The van der Waals surface area contributed by atoms with Gasteiger partial charge < -0.3 is 10.4 Å². The van der Waals surface area contributed by atoms with Crippen LogP contribution in [-0.2, 0) is 4.79 Å². The van der Waals surface area contributed by atoms with E-state index >= 15 is 0 Å². The van der Waals surface area contributed by atoms with Crippen LogP contribution < -0.4 is 5.32 Å². The molecule has 0 bridgehead atoms. The van der Waals surface area contributed by atoms with Gasteiger partial charge in [-0.05, 0) is 11.5 Å². The van der Waals surface area contributed by atoms with Crippen LogP contribution in [0.15, 0.2) is 36.4 Å². The van der Waals surface area contributed by atoms with Crippen molar-refractivity contribution in [2.45, 2.75) is 6.92 Å². The third-order valence-corrected chi connectivity index (χ3v) is 2.21. The number of carbonyl (C=O) groups excluding carboxylic acids is 1. The lowest BCUT2D eigenvalue weighted by Crippen LogP contribution is -2.05. The van der Waals surface area contributed by atoms with Crippen molar-refractivity contribution >= 4 is 22.4 Å². The Bertz CT molecular complexity index is 520. The molecule has 2 aromatic rings. The largest absolute Gasteiger partial charge is 0.505 e. The third kappa shape index (κ3) is 1.76. The third-order valence-electron chi connectivity index (χ3n) is 2.21. The maximum Gasteiger partial charge on any atom is 0.221 e. The number of aromatic hydroxyl groups is 1. The Kier molecular flexibility index (Phi) is 2.29. The smallest absolute Gasteiger partial charge is 0.221 e. The van der Waals surface area contributed by atoms with E-state index < -0.39 is 0 Å². The second-order valence-electron chi connectivity index (χ2n) is 3.36. The van der Waals surface area contributed by atoms with Gasteiger partial charge in [0.05, 0.1) is 5.69 Å².